The van der Waals surface area contributed by atoms with Gasteiger partial charge in [0.15, 0.2) is 0 Å². The fraction of sp³-hybridized carbons (Fsp3) is 0.500. The molecule has 0 aliphatic rings. The Morgan fingerprint density at radius 2 is 2.11 bits per heavy atom. The molecule has 1 N–H and O–H groups in total. The van der Waals surface area contributed by atoms with E-state index in [9.17, 15) is 4.79 Å². The molecule has 0 unspecified atom stereocenters. The molecule has 0 saturated heterocycles. The predicted octanol–water partition coefficient (Wildman–Crippen LogP) is 2.50. The standard InChI is InChI=1S/C14H22N2O2/c1-5-6-14(17)15-12-9-11(10-16(2)3)7-8-13(12)18-4/h7-9H,5-6,10H2,1-4H3,(H,15,17). The second kappa shape index (κ2) is 7.01. The molecule has 0 aromatic heterocycles. The minimum atomic E-state index is 0.0257. The SMILES string of the molecule is CCCC(=O)Nc1cc(CN(C)C)ccc1OC. The van der Waals surface area contributed by atoms with E-state index in [1.54, 1.807) is 7.11 Å². The van der Waals surface area contributed by atoms with E-state index in [0.717, 1.165) is 24.2 Å². The number of benzene rings is 1. The Morgan fingerprint density at radius 3 is 2.67 bits per heavy atom. The maximum absolute atomic E-state index is 11.6. The van der Waals surface area contributed by atoms with Gasteiger partial charge in [-0.05, 0) is 38.2 Å². The molecule has 4 heteroatoms. The number of methoxy groups -OCH3 is 1. The largest absolute Gasteiger partial charge is 0.495 e. The Balaban J connectivity index is 2.88. The first-order chi connectivity index (χ1) is 8.56. The third kappa shape index (κ3) is 4.37. The van der Waals surface area contributed by atoms with Gasteiger partial charge in [0.1, 0.15) is 5.75 Å². The molecule has 0 bridgehead atoms. The minimum absolute atomic E-state index is 0.0257. The number of rotatable bonds is 6. The summed E-state index contributed by atoms with van der Waals surface area (Å²) in [5.41, 5.74) is 1.89. The van der Waals surface area contributed by atoms with Crippen LogP contribution in [0.2, 0.25) is 0 Å². The zero-order valence-electron chi connectivity index (χ0n) is 11.6. The summed E-state index contributed by atoms with van der Waals surface area (Å²) >= 11 is 0. The Bertz CT molecular complexity index is 403. The van der Waals surface area contributed by atoms with E-state index in [2.05, 4.69) is 10.2 Å². The van der Waals surface area contributed by atoms with Crippen LogP contribution in [0.5, 0.6) is 5.75 Å². The van der Waals surface area contributed by atoms with E-state index < -0.39 is 0 Å². The molecular weight excluding hydrogens is 228 g/mol. The zero-order chi connectivity index (χ0) is 13.5. The van der Waals surface area contributed by atoms with Crippen LogP contribution in [0.1, 0.15) is 25.3 Å². The molecule has 1 rings (SSSR count). The van der Waals surface area contributed by atoms with Gasteiger partial charge in [-0.3, -0.25) is 4.79 Å². The molecule has 0 aliphatic carbocycles. The molecule has 0 spiro atoms. The highest BCUT2D eigenvalue weighted by atomic mass is 16.5. The average molecular weight is 250 g/mol. The summed E-state index contributed by atoms with van der Waals surface area (Å²) in [6.07, 6.45) is 1.37. The van der Waals surface area contributed by atoms with Crippen molar-refractivity contribution in [2.45, 2.75) is 26.3 Å². The number of carbonyl (C=O) groups is 1. The van der Waals surface area contributed by atoms with Gasteiger partial charge in [0.05, 0.1) is 12.8 Å². The van der Waals surface area contributed by atoms with Gasteiger partial charge in [-0.15, -0.1) is 0 Å². The number of nitrogens with one attached hydrogen (secondary N) is 1. The second-order valence-corrected chi connectivity index (χ2v) is 4.57. The number of hydrogen-bond acceptors (Lipinski definition) is 3. The lowest BCUT2D eigenvalue weighted by molar-refractivity contribution is -0.116. The van der Waals surface area contributed by atoms with Crippen molar-refractivity contribution in [2.24, 2.45) is 0 Å². The lowest BCUT2D eigenvalue weighted by Gasteiger charge is -2.14. The van der Waals surface area contributed by atoms with Gasteiger partial charge in [-0.2, -0.15) is 0 Å². The van der Waals surface area contributed by atoms with Crippen LogP contribution in [-0.2, 0) is 11.3 Å². The Kier molecular flexibility index (Phi) is 5.65. The van der Waals surface area contributed by atoms with E-state index in [1.807, 2.05) is 39.2 Å². The van der Waals surface area contributed by atoms with Gasteiger partial charge >= 0.3 is 0 Å². The maximum Gasteiger partial charge on any atom is 0.224 e. The van der Waals surface area contributed by atoms with Crippen molar-refractivity contribution in [2.75, 3.05) is 26.5 Å². The maximum atomic E-state index is 11.6. The molecule has 0 heterocycles. The molecule has 1 aromatic rings. The van der Waals surface area contributed by atoms with Gasteiger partial charge in [0.25, 0.3) is 0 Å². The summed E-state index contributed by atoms with van der Waals surface area (Å²) in [5, 5.41) is 2.89. The van der Waals surface area contributed by atoms with Crippen LogP contribution in [0.15, 0.2) is 18.2 Å². The number of amides is 1. The number of anilines is 1. The van der Waals surface area contributed by atoms with Gasteiger partial charge in [-0.1, -0.05) is 13.0 Å². The van der Waals surface area contributed by atoms with Crippen molar-refractivity contribution < 1.29 is 9.53 Å². The van der Waals surface area contributed by atoms with Crippen LogP contribution in [0.25, 0.3) is 0 Å². The predicted molar refractivity (Wildman–Crippen MR) is 73.9 cm³/mol. The van der Waals surface area contributed by atoms with Crippen molar-refractivity contribution in [3.05, 3.63) is 23.8 Å². The van der Waals surface area contributed by atoms with Crippen LogP contribution >= 0.6 is 0 Å². The fourth-order valence-electron chi connectivity index (χ4n) is 1.76. The minimum Gasteiger partial charge on any atom is -0.495 e. The first kappa shape index (κ1) is 14.5. The Morgan fingerprint density at radius 1 is 1.39 bits per heavy atom. The zero-order valence-corrected chi connectivity index (χ0v) is 11.6. The van der Waals surface area contributed by atoms with Crippen molar-refractivity contribution in [3.8, 4) is 5.75 Å². The van der Waals surface area contributed by atoms with Crippen LogP contribution in [0.4, 0.5) is 5.69 Å². The highest BCUT2D eigenvalue weighted by Crippen LogP contribution is 2.26. The van der Waals surface area contributed by atoms with Gasteiger partial charge in [-0.25, -0.2) is 0 Å². The normalized spacial score (nSPS) is 10.5. The van der Waals surface area contributed by atoms with Crippen molar-refractivity contribution >= 4 is 11.6 Å². The van der Waals surface area contributed by atoms with Crippen molar-refractivity contribution in [1.29, 1.82) is 0 Å². The highest BCUT2D eigenvalue weighted by Gasteiger charge is 2.08. The monoisotopic (exact) mass is 250 g/mol. The molecule has 0 saturated carbocycles. The van der Waals surface area contributed by atoms with E-state index in [4.69, 9.17) is 4.74 Å². The molecule has 1 aromatic carbocycles. The molecule has 0 fully saturated rings. The van der Waals surface area contributed by atoms with Crippen LogP contribution in [-0.4, -0.2) is 32.0 Å². The first-order valence-electron chi connectivity index (χ1n) is 6.18. The summed E-state index contributed by atoms with van der Waals surface area (Å²) in [7, 11) is 5.63. The fourth-order valence-corrected chi connectivity index (χ4v) is 1.76. The van der Waals surface area contributed by atoms with Gasteiger partial charge in [0.2, 0.25) is 5.91 Å². The molecule has 0 aliphatic heterocycles. The molecule has 100 valence electrons. The second-order valence-electron chi connectivity index (χ2n) is 4.57. The van der Waals surface area contributed by atoms with Gasteiger partial charge in [0, 0.05) is 13.0 Å². The smallest absolute Gasteiger partial charge is 0.224 e. The third-order valence-electron chi connectivity index (χ3n) is 2.51. The average Bonchev–Trinajstić information content (AvgIpc) is 2.28. The van der Waals surface area contributed by atoms with E-state index in [0.29, 0.717) is 12.2 Å². The van der Waals surface area contributed by atoms with Crippen LogP contribution < -0.4 is 10.1 Å². The quantitative estimate of drug-likeness (QED) is 0.843. The summed E-state index contributed by atoms with van der Waals surface area (Å²) in [6.45, 7) is 2.82. The lowest BCUT2D eigenvalue weighted by Crippen LogP contribution is -2.13. The molecule has 0 atom stereocenters. The number of ether oxygens (including phenoxy) is 1. The third-order valence-corrected chi connectivity index (χ3v) is 2.51. The lowest BCUT2D eigenvalue weighted by atomic mass is 10.1. The van der Waals surface area contributed by atoms with Crippen molar-refractivity contribution in [1.82, 2.24) is 4.90 Å². The molecule has 1 amide bonds. The molecular formula is C14H22N2O2. The topological polar surface area (TPSA) is 41.6 Å². The number of nitrogens with zero attached hydrogens (tertiary/aromatic N) is 1. The Hall–Kier alpha value is -1.55. The van der Waals surface area contributed by atoms with Crippen molar-refractivity contribution in [3.63, 3.8) is 0 Å². The Labute approximate surface area is 109 Å². The van der Waals surface area contributed by atoms with E-state index in [1.165, 1.54) is 0 Å². The van der Waals surface area contributed by atoms with Gasteiger partial charge < -0.3 is 15.0 Å². The number of carbonyl (C=O) groups excluding carboxylic acids is 1. The summed E-state index contributed by atoms with van der Waals surface area (Å²) < 4.78 is 5.26. The molecule has 0 radical (unpaired) electrons. The van der Waals surface area contributed by atoms with Crippen LogP contribution in [0.3, 0.4) is 0 Å². The van der Waals surface area contributed by atoms with E-state index >= 15 is 0 Å². The van der Waals surface area contributed by atoms with E-state index in [-0.39, 0.29) is 5.91 Å². The highest BCUT2D eigenvalue weighted by molar-refractivity contribution is 5.92. The molecule has 18 heavy (non-hydrogen) atoms. The summed E-state index contributed by atoms with van der Waals surface area (Å²) in [4.78, 5) is 13.7. The summed E-state index contributed by atoms with van der Waals surface area (Å²) in [6, 6.07) is 5.86. The molecule has 4 nitrogen and oxygen atoms in total. The summed E-state index contributed by atoms with van der Waals surface area (Å²) in [5.74, 6) is 0.722. The first-order valence-corrected chi connectivity index (χ1v) is 6.18. The number of hydrogen-bond donors (Lipinski definition) is 1. The van der Waals surface area contributed by atoms with Crippen LogP contribution in [0, 0.1) is 0 Å².